The molecule has 1 saturated carbocycles. The summed E-state index contributed by atoms with van der Waals surface area (Å²) in [4.78, 5) is 11.4. The Morgan fingerprint density at radius 3 is 2.62 bits per heavy atom. The van der Waals surface area contributed by atoms with Gasteiger partial charge in [-0.1, -0.05) is 6.08 Å². The van der Waals surface area contributed by atoms with E-state index in [2.05, 4.69) is 0 Å². The lowest BCUT2D eigenvalue weighted by Crippen LogP contribution is -2.42. The molecule has 0 aromatic heterocycles. The van der Waals surface area contributed by atoms with Crippen LogP contribution in [0.5, 0.6) is 0 Å². The lowest BCUT2D eigenvalue weighted by atomic mass is 9.66. The molecule has 0 aromatic carbocycles. The van der Waals surface area contributed by atoms with E-state index < -0.39 is 5.60 Å². The first-order chi connectivity index (χ1) is 7.51. The van der Waals surface area contributed by atoms with E-state index in [9.17, 15) is 9.90 Å². The van der Waals surface area contributed by atoms with Crippen molar-refractivity contribution in [3.05, 3.63) is 11.6 Å². The smallest absolute Gasteiger partial charge is 0.333 e. The van der Waals surface area contributed by atoms with Gasteiger partial charge in [0.05, 0.1) is 12.7 Å². The molecule has 0 saturated heterocycles. The number of hydrogen-bond acceptors (Lipinski definition) is 3. The molecular formula is C13H20O3. The molecule has 1 spiro atoms. The molecule has 0 heterocycles. The molecule has 0 radical (unpaired) electrons. The number of hydrogen-bond donors (Lipinski definition) is 1. The minimum absolute atomic E-state index is 0.00449. The number of ether oxygens (including phenoxy) is 1. The van der Waals surface area contributed by atoms with E-state index >= 15 is 0 Å². The van der Waals surface area contributed by atoms with Gasteiger partial charge in [-0.05, 0) is 45.4 Å². The molecule has 1 N–H and O–H groups in total. The Balaban J connectivity index is 2.15. The molecular weight excluding hydrogens is 204 g/mol. The fourth-order valence-corrected chi connectivity index (χ4v) is 3.23. The minimum atomic E-state index is -0.564. The maximum Gasteiger partial charge on any atom is 0.333 e. The van der Waals surface area contributed by atoms with Crippen LogP contribution in [0.4, 0.5) is 0 Å². The van der Waals surface area contributed by atoms with E-state index in [1.54, 1.807) is 0 Å². The minimum Gasteiger partial charge on any atom is -0.466 e. The van der Waals surface area contributed by atoms with Crippen molar-refractivity contribution in [1.29, 1.82) is 0 Å². The average Bonchev–Trinajstić information content (AvgIpc) is 2.55. The van der Waals surface area contributed by atoms with Crippen molar-refractivity contribution in [1.82, 2.24) is 0 Å². The SMILES string of the molecule is COC(=O)C1=CC[C@@]2(CCC[C@@]2(C)O)CC1. The number of allylic oxidation sites excluding steroid dienone is 1. The van der Waals surface area contributed by atoms with Crippen molar-refractivity contribution in [2.75, 3.05) is 7.11 Å². The first kappa shape index (κ1) is 11.6. The van der Waals surface area contributed by atoms with E-state index in [0.717, 1.165) is 44.1 Å². The average molecular weight is 224 g/mol. The Morgan fingerprint density at radius 1 is 1.44 bits per heavy atom. The van der Waals surface area contributed by atoms with Gasteiger partial charge in [0, 0.05) is 11.0 Å². The van der Waals surface area contributed by atoms with E-state index in [1.165, 1.54) is 7.11 Å². The molecule has 2 rings (SSSR count). The Labute approximate surface area is 96.5 Å². The molecule has 2 aliphatic rings. The maximum absolute atomic E-state index is 11.4. The standard InChI is InChI=1S/C13H20O3/c1-12(15)6-3-7-13(12)8-4-10(5-9-13)11(14)16-2/h4,15H,3,5-9H2,1-2H3/t12-,13+/m1/s1. The summed E-state index contributed by atoms with van der Waals surface area (Å²) in [6, 6.07) is 0. The number of rotatable bonds is 1. The summed E-state index contributed by atoms with van der Waals surface area (Å²) in [5.41, 5.74) is 0.214. The number of carbonyl (C=O) groups excluding carboxylic acids is 1. The van der Waals surface area contributed by atoms with Crippen LogP contribution in [0.2, 0.25) is 0 Å². The normalized spacial score (nSPS) is 38.6. The van der Waals surface area contributed by atoms with Gasteiger partial charge in [0.2, 0.25) is 0 Å². The lowest BCUT2D eigenvalue weighted by Gasteiger charge is -2.42. The molecule has 2 atom stereocenters. The molecule has 3 heteroatoms. The largest absolute Gasteiger partial charge is 0.466 e. The fourth-order valence-electron chi connectivity index (χ4n) is 3.23. The van der Waals surface area contributed by atoms with Gasteiger partial charge in [0.15, 0.2) is 0 Å². The molecule has 0 aliphatic heterocycles. The van der Waals surface area contributed by atoms with Gasteiger partial charge in [0.1, 0.15) is 0 Å². The number of esters is 1. The summed E-state index contributed by atoms with van der Waals surface area (Å²) < 4.78 is 4.72. The molecule has 0 aromatic rings. The monoisotopic (exact) mass is 224 g/mol. The number of carbonyl (C=O) groups is 1. The summed E-state index contributed by atoms with van der Waals surface area (Å²) in [5, 5.41) is 10.4. The molecule has 0 bridgehead atoms. The maximum atomic E-state index is 11.4. The van der Waals surface area contributed by atoms with Crippen LogP contribution in [0.25, 0.3) is 0 Å². The van der Waals surface area contributed by atoms with Crippen molar-refractivity contribution < 1.29 is 14.6 Å². The highest BCUT2D eigenvalue weighted by atomic mass is 16.5. The molecule has 16 heavy (non-hydrogen) atoms. The van der Waals surface area contributed by atoms with Crippen LogP contribution in [0.15, 0.2) is 11.6 Å². The molecule has 0 unspecified atom stereocenters. The van der Waals surface area contributed by atoms with Crippen molar-refractivity contribution in [3.63, 3.8) is 0 Å². The Hall–Kier alpha value is -0.830. The fraction of sp³-hybridized carbons (Fsp3) is 0.769. The summed E-state index contributed by atoms with van der Waals surface area (Å²) >= 11 is 0. The van der Waals surface area contributed by atoms with Crippen LogP contribution >= 0.6 is 0 Å². The summed E-state index contributed by atoms with van der Waals surface area (Å²) in [5.74, 6) is -0.215. The molecule has 2 aliphatic carbocycles. The Kier molecular flexibility index (Phi) is 2.82. The third-order valence-corrected chi connectivity index (χ3v) is 4.52. The second kappa shape index (κ2) is 3.88. The predicted octanol–water partition coefficient (Wildman–Crippen LogP) is 2.19. The highest BCUT2D eigenvalue weighted by molar-refractivity contribution is 5.88. The van der Waals surface area contributed by atoms with E-state index in [4.69, 9.17) is 4.74 Å². The van der Waals surface area contributed by atoms with Crippen molar-refractivity contribution in [2.24, 2.45) is 5.41 Å². The van der Waals surface area contributed by atoms with Gasteiger partial charge in [-0.2, -0.15) is 0 Å². The van der Waals surface area contributed by atoms with Gasteiger partial charge in [-0.15, -0.1) is 0 Å². The second-order valence-corrected chi connectivity index (χ2v) is 5.33. The summed E-state index contributed by atoms with van der Waals surface area (Å²) in [7, 11) is 1.42. The predicted molar refractivity (Wildman–Crippen MR) is 60.9 cm³/mol. The third kappa shape index (κ3) is 1.67. The second-order valence-electron chi connectivity index (χ2n) is 5.33. The van der Waals surface area contributed by atoms with Gasteiger partial charge in [0.25, 0.3) is 0 Å². The van der Waals surface area contributed by atoms with E-state index in [-0.39, 0.29) is 11.4 Å². The topological polar surface area (TPSA) is 46.5 Å². The van der Waals surface area contributed by atoms with Crippen LogP contribution in [0, 0.1) is 5.41 Å². The van der Waals surface area contributed by atoms with Crippen LogP contribution in [-0.2, 0) is 9.53 Å². The first-order valence-corrected chi connectivity index (χ1v) is 6.00. The summed E-state index contributed by atoms with van der Waals surface area (Å²) in [6.45, 7) is 1.94. The van der Waals surface area contributed by atoms with Crippen LogP contribution < -0.4 is 0 Å². The van der Waals surface area contributed by atoms with Crippen LogP contribution in [0.3, 0.4) is 0 Å². The molecule has 1 fully saturated rings. The molecule has 90 valence electrons. The number of methoxy groups -OCH3 is 1. The highest BCUT2D eigenvalue weighted by Crippen LogP contribution is 2.54. The zero-order chi connectivity index (χ0) is 11.8. The van der Waals surface area contributed by atoms with Gasteiger partial charge < -0.3 is 9.84 Å². The van der Waals surface area contributed by atoms with Gasteiger partial charge >= 0.3 is 5.97 Å². The van der Waals surface area contributed by atoms with Crippen LogP contribution in [0.1, 0.15) is 45.4 Å². The zero-order valence-corrected chi connectivity index (χ0v) is 10.1. The van der Waals surface area contributed by atoms with E-state index in [0.29, 0.717) is 0 Å². The van der Waals surface area contributed by atoms with Gasteiger partial charge in [-0.25, -0.2) is 4.79 Å². The lowest BCUT2D eigenvalue weighted by molar-refractivity contribution is -0.136. The van der Waals surface area contributed by atoms with Crippen molar-refractivity contribution >= 4 is 5.97 Å². The Bertz CT molecular complexity index is 330. The zero-order valence-electron chi connectivity index (χ0n) is 10.1. The van der Waals surface area contributed by atoms with Crippen LogP contribution in [-0.4, -0.2) is 23.8 Å². The van der Waals surface area contributed by atoms with Gasteiger partial charge in [-0.3, -0.25) is 0 Å². The molecule has 0 amide bonds. The van der Waals surface area contributed by atoms with Crippen molar-refractivity contribution in [2.45, 2.75) is 51.0 Å². The first-order valence-electron chi connectivity index (χ1n) is 6.00. The highest BCUT2D eigenvalue weighted by Gasteiger charge is 2.50. The quantitative estimate of drug-likeness (QED) is 0.694. The number of aliphatic hydroxyl groups is 1. The molecule has 3 nitrogen and oxygen atoms in total. The van der Waals surface area contributed by atoms with Crippen molar-refractivity contribution in [3.8, 4) is 0 Å². The summed E-state index contributed by atoms with van der Waals surface area (Å²) in [6.07, 6.45) is 7.47. The Morgan fingerprint density at radius 2 is 2.19 bits per heavy atom. The van der Waals surface area contributed by atoms with E-state index in [1.807, 2.05) is 13.0 Å². The third-order valence-electron chi connectivity index (χ3n) is 4.52.